The number of nitrogens with zero attached hydrogens (tertiary/aromatic N) is 1. The Kier molecular flexibility index (Phi) is 4.68. The van der Waals surface area contributed by atoms with E-state index in [0.29, 0.717) is 0 Å². The van der Waals surface area contributed by atoms with Crippen molar-refractivity contribution in [3.8, 4) is 10.6 Å². The second kappa shape index (κ2) is 6.87. The van der Waals surface area contributed by atoms with Gasteiger partial charge in [0.1, 0.15) is 5.01 Å². The molecule has 0 bridgehead atoms. The molecule has 0 saturated heterocycles. The van der Waals surface area contributed by atoms with Crippen LogP contribution in [0.4, 0.5) is 5.69 Å². The van der Waals surface area contributed by atoms with Crippen LogP contribution in [0.15, 0.2) is 46.5 Å². The first-order valence-corrected chi connectivity index (χ1v) is 8.97. The van der Waals surface area contributed by atoms with E-state index in [0.717, 1.165) is 29.4 Å². The fourth-order valence-electron chi connectivity index (χ4n) is 2.18. The van der Waals surface area contributed by atoms with Crippen molar-refractivity contribution >= 4 is 28.4 Å². The van der Waals surface area contributed by atoms with Crippen LogP contribution >= 0.6 is 22.7 Å². The highest BCUT2D eigenvalue weighted by atomic mass is 32.1. The highest BCUT2D eigenvalue weighted by Crippen LogP contribution is 2.26. The topological polar surface area (TPSA) is 24.9 Å². The third kappa shape index (κ3) is 3.71. The van der Waals surface area contributed by atoms with Gasteiger partial charge in [-0.1, -0.05) is 25.5 Å². The van der Waals surface area contributed by atoms with Crippen LogP contribution in [0, 0.1) is 0 Å². The highest BCUT2D eigenvalue weighted by molar-refractivity contribution is 7.14. The maximum Gasteiger partial charge on any atom is 0.124 e. The molecular weight excluding hydrogens is 296 g/mol. The monoisotopic (exact) mass is 314 g/mol. The van der Waals surface area contributed by atoms with Crippen molar-refractivity contribution < 1.29 is 0 Å². The molecule has 0 unspecified atom stereocenters. The van der Waals surface area contributed by atoms with Crippen LogP contribution in [0.25, 0.3) is 10.6 Å². The summed E-state index contributed by atoms with van der Waals surface area (Å²) in [6.07, 6.45) is 2.34. The van der Waals surface area contributed by atoms with Crippen LogP contribution in [0.5, 0.6) is 0 Å². The molecule has 0 amide bonds. The Bertz CT molecular complexity index is 669. The van der Waals surface area contributed by atoms with Crippen molar-refractivity contribution in [1.29, 1.82) is 0 Å². The maximum absolute atomic E-state index is 4.68. The number of nitrogens with one attached hydrogen (secondary N) is 1. The molecule has 0 aliphatic heterocycles. The molecule has 1 aromatic carbocycles. The lowest BCUT2D eigenvalue weighted by molar-refractivity contribution is 0.922. The SMILES string of the molecule is CCCc1ccc(NCc2csc(-c3ccsc3)n2)cc1. The lowest BCUT2D eigenvalue weighted by atomic mass is 10.1. The Labute approximate surface area is 133 Å². The summed E-state index contributed by atoms with van der Waals surface area (Å²) in [6.45, 7) is 2.98. The summed E-state index contributed by atoms with van der Waals surface area (Å²) in [4.78, 5) is 4.68. The van der Waals surface area contributed by atoms with Gasteiger partial charge in [0.15, 0.2) is 0 Å². The highest BCUT2D eigenvalue weighted by Gasteiger charge is 2.05. The minimum Gasteiger partial charge on any atom is -0.379 e. The van der Waals surface area contributed by atoms with E-state index in [-0.39, 0.29) is 0 Å². The number of aromatic nitrogens is 1. The smallest absolute Gasteiger partial charge is 0.124 e. The quantitative estimate of drug-likeness (QED) is 0.655. The van der Waals surface area contributed by atoms with E-state index in [9.17, 15) is 0 Å². The summed E-state index contributed by atoms with van der Waals surface area (Å²) < 4.78 is 0. The summed E-state index contributed by atoms with van der Waals surface area (Å²) in [7, 11) is 0. The summed E-state index contributed by atoms with van der Waals surface area (Å²) in [5.74, 6) is 0. The van der Waals surface area contributed by atoms with Gasteiger partial charge in [-0.15, -0.1) is 11.3 Å². The predicted octanol–water partition coefficient (Wildman–Crippen LogP) is 5.44. The average Bonchev–Trinajstić information content (AvgIpc) is 3.18. The minimum absolute atomic E-state index is 0.772. The van der Waals surface area contributed by atoms with Gasteiger partial charge < -0.3 is 5.32 Å². The van der Waals surface area contributed by atoms with Crippen molar-refractivity contribution in [3.63, 3.8) is 0 Å². The molecule has 1 N–H and O–H groups in total. The normalized spacial score (nSPS) is 10.7. The van der Waals surface area contributed by atoms with Gasteiger partial charge in [-0.05, 0) is 35.6 Å². The van der Waals surface area contributed by atoms with Gasteiger partial charge in [-0.2, -0.15) is 11.3 Å². The largest absolute Gasteiger partial charge is 0.379 e. The van der Waals surface area contributed by atoms with Gasteiger partial charge in [0.05, 0.1) is 12.2 Å². The van der Waals surface area contributed by atoms with E-state index in [4.69, 9.17) is 0 Å². The molecule has 0 fully saturated rings. The van der Waals surface area contributed by atoms with Crippen molar-refractivity contribution in [2.24, 2.45) is 0 Å². The molecule has 21 heavy (non-hydrogen) atoms. The molecule has 0 saturated carbocycles. The Balaban J connectivity index is 1.60. The van der Waals surface area contributed by atoms with Crippen molar-refractivity contribution in [2.75, 3.05) is 5.32 Å². The molecular formula is C17H18N2S2. The van der Waals surface area contributed by atoms with Crippen molar-refractivity contribution in [3.05, 3.63) is 57.7 Å². The minimum atomic E-state index is 0.772. The Hall–Kier alpha value is -1.65. The van der Waals surface area contributed by atoms with Crippen LogP contribution < -0.4 is 5.32 Å². The first-order chi connectivity index (χ1) is 10.3. The standard InChI is InChI=1S/C17H18N2S2/c1-2-3-13-4-6-15(7-5-13)18-10-16-12-21-17(19-16)14-8-9-20-11-14/h4-9,11-12,18H,2-3,10H2,1H3. The molecule has 3 rings (SSSR count). The number of thiazole rings is 1. The van der Waals surface area contributed by atoms with Gasteiger partial charge in [-0.3, -0.25) is 0 Å². The number of hydrogen-bond acceptors (Lipinski definition) is 4. The number of anilines is 1. The van der Waals surface area contributed by atoms with E-state index < -0.39 is 0 Å². The molecule has 0 atom stereocenters. The number of hydrogen-bond donors (Lipinski definition) is 1. The molecule has 108 valence electrons. The van der Waals surface area contributed by atoms with Crippen molar-refractivity contribution in [1.82, 2.24) is 4.98 Å². The summed E-state index contributed by atoms with van der Waals surface area (Å²) in [6, 6.07) is 10.8. The Morgan fingerprint density at radius 2 is 1.95 bits per heavy atom. The van der Waals surface area contributed by atoms with Gasteiger partial charge in [-0.25, -0.2) is 4.98 Å². The summed E-state index contributed by atoms with van der Waals surface area (Å²) in [5, 5.41) is 10.9. The van der Waals surface area contributed by atoms with Crippen LogP contribution in [0.1, 0.15) is 24.6 Å². The van der Waals surface area contributed by atoms with Gasteiger partial charge >= 0.3 is 0 Å². The van der Waals surface area contributed by atoms with E-state index in [2.05, 4.69) is 63.7 Å². The third-order valence-electron chi connectivity index (χ3n) is 3.29. The zero-order valence-corrected chi connectivity index (χ0v) is 13.6. The maximum atomic E-state index is 4.68. The molecule has 2 aromatic heterocycles. The zero-order chi connectivity index (χ0) is 14.5. The second-order valence-corrected chi connectivity index (χ2v) is 6.59. The molecule has 2 heterocycles. The second-order valence-electron chi connectivity index (χ2n) is 4.96. The van der Waals surface area contributed by atoms with E-state index >= 15 is 0 Å². The molecule has 2 nitrogen and oxygen atoms in total. The molecule has 0 aliphatic rings. The Morgan fingerprint density at radius 1 is 1.10 bits per heavy atom. The van der Waals surface area contributed by atoms with E-state index in [1.807, 2.05) is 0 Å². The first-order valence-electron chi connectivity index (χ1n) is 7.15. The first kappa shape index (κ1) is 14.3. The molecule has 0 spiro atoms. The predicted molar refractivity (Wildman–Crippen MR) is 93.2 cm³/mol. The number of thiophene rings is 1. The van der Waals surface area contributed by atoms with Gasteiger partial charge in [0, 0.05) is 22.0 Å². The Morgan fingerprint density at radius 3 is 2.67 bits per heavy atom. The van der Waals surface area contributed by atoms with Crippen LogP contribution in [-0.2, 0) is 13.0 Å². The number of rotatable bonds is 6. The fourth-order valence-corrected chi connectivity index (χ4v) is 3.71. The van der Waals surface area contributed by atoms with Gasteiger partial charge in [0.25, 0.3) is 0 Å². The van der Waals surface area contributed by atoms with E-state index in [1.165, 1.54) is 17.5 Å². The third-order valence-corrected chi connectivity index (χ3v) is 4.91. The summed E-state index contributed by atoms with van der Waals surface area (Å²) in [5.41, 5.74) is 4.87. The fraction of sp³-hybridized carbons (Fsp3) is 0.235. The van der Waals surface area contributed by atoms with E-state index in [1.54, 1.807) is 22.7 Å². The van der Waals surface area contributed by atoms with Gasteiger partial charge in [0.2, 0.25) is 0 Å². The average molecular weight is 314 g/mol. The van der Waals surface area contributed by atoms with Crippen molar-refractivity contribution in [2.45, 2.75) is 26.3 Å². The molecule has 3 aromatic rings. The number of aryl methyl sites for hydroxylation is 1. The van der Waals surface area contributed by atoms with Crippen LogP contribution in [0.3, 0.4) is 0 Å². The summed E-state index contributed by atoms with van der Waals surface area (Å²) >= 11 is 3.42. The lowest BCUT2D eigenvalue weighted by Gasteiger charge is -2.05. The zero-order valence-electron chi connectivity index (χ0n) is 12.0. The van der Waals surface area contributed by atoms with Crippen LogP contribution in [-0.4, -0.2) is 4.98 Å². The number of benzene rings is 1. The molecule has 4 heteroatoms. The lowest BCUT2D eigenvalue weighted by Crippen LogP contribution is -1.99. The molecule has 0 radical (unpaired) electrons. The molecule has 0 aliphatic carbocycles. The van der Waals surface area contributed by atoms with Crippen LogP contribution in [0.2, 0.25) is 0 Å².